The summed E-state index contributed by atoms with van der Waals surface area (Å²) in [5, 5.41) is 9.51. The Morgan fingerprint density at radius 2 is 2.00 bits per heavy atom. The summed E-state index contributed by atoms with van der Waals surface area (Å²) in [6.45, 7) is 6.68. The van der Waals surface area contributed by atoms with Gasteiger partial charge in [0.1, 0.15) is 10.7 Å². The van der Waals surface area contributed by atoms with Crippen molar-refractivity contribution >= 4 is 21.6 Å². The van der Waals surface area contributed by atoms with Crippen molar-refractivity contribution in [3.8, 4) is 17.2 Å². The standard InChI is InChI=1S/C20H21N3OS/c1-13(2)18-22-19-17(20(24)23(18)12-8-7-11-21)16(14(3)25-19)15-9-5-4-6-10-15/h4-6,9-10,13H,7-8,12H2,1-3H3. The topological polar surface area (TPSA) is 58.7 Å². The predicted octanol–water partition coefficient (Wildman–Crippen LogP) is 4.86. The number of thiophene rings is 1. The number of aryl methyl sites for hydroxylation is 1. The number of unbranched alkanes of at least 4 members (excludes halogenated alkanes) is 1. The molecule has 0 atom stereocenters. The van der Waals surface area contributed by atoms with E-state index in [4.69, 9.17) is 10.2 Å². The zero-order chi connectivity index (χ0) is 18.0. The summed E-state index contributed by atoms with van der Waals surface area (Å²) in [7, 11) is 0. The molecule has 0 fully saturated rings. The van der Waals surface area contributed by atoms with E-state index < -0.39 is 0 Å². The lowest BCUT2D eigenvalue weighted by atomic mass is 10.0. The second-order valence-electron chi connectivity index (χ2n) is 6.42. The first kappa shape index (κ1) is 17.4. The van der Waals surface area contributed by atoms with Crippen LogP contribution >= 0.6 is 11.3 Å². The maximum absolute atomic E-state index is 13.3. The van der Waals surface area contributed by atoms with Crippen LogP contribution in [-0.2, 0) is 6.54 Å². The first-order valence-electron chi connectivity index (χ1n) is 8.50. The maximum Gasteiger partial charge on any atom is 0.262 e. The van der Waals surface area contributed by atoms with E-state index in [9.17, 15) is 4.79 Å². The quantitative estimate of drug-likeness (QED) is 0.617. The molecule has 1 aromatic carbocycles. The van der Waals surface area contributed by atoms with E-state index in [0.29, 0.717) is 24.8 Å². The molecule has 128 valence electrons. The summed E-state index contributed by atoms with van der Waals surface area (Å²) in [4.78, 5) is 20.0. The maximum atomic E-state index is 13.3. The summed E-state index contributed by atoms with van der Waals surface area (Å²) < 4.78 is 1.77. The fourth-order valence-corrected chi connectivity index (χ4v) is 4.18. The first-order chi connectivity index (χ1) is 12.0. The zero-order valence-corrected chi connectivity index (χ0v) is 15.6. The van der Waals surface area contributed by atoms with Crippen LogP contribution in [0.2, 0.25) is 0 Å². The number of hydrogen-bond acceptors (Lipinski definition) is 4. The highest BCUT2D eigenvalue weighted by molar-refractivity contribution is 7.19. The molecule has 2 heterocycles. The molecule has 0 N–H and O–H groups in total. The minimum Gasteiger partial charge on any atom is -0.296 e. The molecule has 0 radical (unpaired) electrons. The fourth-order valence-electron chi connectivity index (χ4n) is 3.14. The van der Waals surface area contributed by atoms with Gasteiger partial charge >= 0.3 is 0 Å². The van der Waals surface area contributed by atoms with Crippen LogP contribution in [0.15, 0.2) is 35.1 Å². The zero-order valence-electron chi connectivity index (χ0n) is 14.7. The lowest BCUT2D eigenvalue weighted by Crippen LogP contribution is -2.26. The van der Waals surface area contributed by atoms with E-state index in [2.05, 4.69) is 6.07 Å². The molecule has 0 saturated heterocycles. The first-order valence-corrected chi connectivity index (χ1v) is 9.32. The smallest absolute Gasteiger partial charge is 0.262 e. The summed E-state index contributed by atoms with van der Waals surface area (Å²) >= 11 is 1.58. The monoisotopic (exact) mass is 351 g/mol. The molecule has 0 amide bonds. The highest BCUT2D eigenvalue weighted by atomic mass is 32.1. The lowest BCUT2D eigenvalue weighted by Gasteiger charge is -2.14. The van der Waals surface area contributed by atoms with Gasteiger partial charge < -0.3 is 0 Å². The summed E-state index contributed by atoms with van der Waals surface area (Å²) in [5.74, 6) is 0.957. The Labute approximate surface area is 151 Å². The van der Waals surface area contributed by atoms with E-state index in [1.807, 2.05) is 51.1 Å². The number of hydrogen-bond donors (Lipinski definition) is 0. The van der Waals surface area contributed by atoms with Crippen LogP contribution in [-0.4, -0.2) is 9.55 Å². The molecular weight excluding hydrogens is 330 g/mol. The molecule has 3 rings (SSSR count). The summed E-state index contributed by atoms with van der Waals surface area (Å²) in [5.41, 5.74) is 2.04. The van der Waals surface area contributed by atoms with E-state index in [-0.39, 0.29) is 11.5 Å². The molecular formula is C20H21N3OS. The van der Waals surface area contributed by atoms with Crippen molar-refractivity contribution in [2.75, 3.05) is 0 Å². The van der Waals surface area contributed by atoms with E-state index >= 15 is 0 Å². The molecule has 5 heteroatoms. The largest absolute Gasteiger partial charge is 0.296 e. The highest BCUT2D eigenvalue weighted by Gasteiger charge is 2.20. The minimum absolute atomic E-state index is 0.00911. The van der Waals surface area contributed by atoms with Gasteiger partial charge in [-0.25, -0.2) is 4.98 Å². The minimum atomic E-state index is 0.00911. The molecule has 0 saturated carbocycles. The Morgan fingerprint density at radius 3 is 2.64 bits per heavy atom. The van der Waals surface area contributed by atoms with Crippen LogP contribution in [0.1, 0.15) is 43.3 Å². The highest BCUT2D eigenvalue weighted by Crippen LogP contribution is 2.36. The van der Waals surface area contributed by atoms with Gasteiger partial charge in [0.25, 0.3) is 5.56 Å². The summed E-state index contributed by atoms with van der Waals surface area (Å²) in [6.07, 6.45) is 1.10. The average molecular weight is 351 g/mol. The van der Waals surface area contributed by atoms with Gasteiger partial charge in [0, 0.05) is 29.3 Å². The molecule has 0 bridgehead atoms. The van der Waals surface area contributed by atoms with E-state index in [0.717, 1.165) is 26.7 Å². The SMILES string of the molecule is Cc1sc2nc(C(C)C)n(CCCC#N)c(=O)c2c1-c1ccccc1. The van der Waals surface area contributed by atoms with Crippen molar-refractivity contribution in [3.63, 3.8) is 0 Å². The van der Waals surface area contributed by atoms with Crippen molar-refractivity contribution in [1.29, 1.82) is 5.26 Å². The second kappa shape index (κ2) is 7.20. The molecule has 4 nitrogen and oxygen atoms in total. The Balaban J connectivity index is 2.28. The third kappa shape index (κ3) is 3.22. The normalized spacial score (nSPS) is 11.2. The Bertz CT molecular complexity index is 994. The van der Waals surface area contributed by atoms with Crippen LogP contribution in [0.25, 0.3) is 21.3 Å². The predicted molar refractivity (Wildman–Crippen MR) is 103 cm³/mol. The van der Waals surface area contributed by atoms with Crippen molar-refractivity contribution in [3.05, 3.63) is 51.4 Å². The Kier molecular flexibility index (Phi) is 5.00. The molecule has 2 aromatic heterocycles. The van der Waals surface area contributed by atoms with Gasteiger partial charge in [0.15, 0.2) is 0 Å². The number of aromatic nitrogens is 2. The lowest BCUT2D eigenvalue weighted by molar-refractivity contribution is 0.568. The van der Waals surface area contributed by atoms with Crippen molar-refractivity contribution in [1.82, 2.24) is 9.55 Å². The third-order valence-electron chi connectivity index (χ3n) is 4.27. The molecule has 0 aliphatic rings. The van der Waals surface area contributed by atoms with Crippen LogP contribution in [0.5, 0.6) is 0 Å². The average Bonchev–Trinajstić information content (AvgIpc) is 2.93. The van der Waals surface area contributed by atoms with Crippen LogP contribution in [0.4, 0.5) is 0 Å². The van der Waals surface area contributed by atoms with Gasteiger partial charge in [-0.1, -0.05) is 44.2 Å². The third-order valence-corrected chi connectivity index (χ3v) is 5.27. The number of nitrogens with zero attached hydrogens (tertiary/aromatic N) is 3. The molecule has 0 aliphatic carbocycles. The Morgan fingerprint density at radius 1 is 1.28 bits per heavy atom. The van der Waals surface area contributed by atoms with E-state index in [1.165, 1.54) is 0 Å². The molecule has 0 aliphatic heterocycles. The fraction of sp³-hybridized carbons (Fsp3) is 0.350. The van der Waals surface area contributed by atoms with Crippen LogP contribution in [0.3, 0.4) is 0 Å². The van der Waals surface area contributed by atoms with Crippen molar-refractivity contribution < 1.29 is 0 Å². The number of fused-ring (bicyclic) bond motifs is 1. The number of benzene rings is 1. The van der Waals surface area contributed by atoms with Crippen molar-refractivity contribution in [2.24, 2.45) is 0 Å². The van der Waals surface area contributed by atoms with Crippen LogP contribution in [0, 0.1) is 18.3 Å². The molecule has 3 aromatic rings. The van der Waals surface area contributed by atoms with Gasteiger partial charge in [-0.05, 0) is 18.9 Å². The van der Waals surface area contributed by atoms with Gasteiger partial charge in [0.2, 0.25) is 0 Å². The Hall–Kier alpha value is -2.45. The number of rotatable bonds is 5. The molecule has 25 heavy (non-hydrogen) atoms. The van der Waals surface area contributed by atoms with Gasteiger partial charge in [-0.15, -0.1) is 11.3 Å². The van der Waals surface area contributed by atoms with Gasteiger partial charge in [-0.3, -0.25) is 9.36 Å². The molecule has 0 spiro atoms. The van der Waals surface area contributed by atoms with Crippen molar-refractivity contribution in [2.45, 2.75) is 46.1 Å². The number of nitriles is 1. The molecule has 0 unspecified atom stereocenters. The summed E-state index contributed by atoms with van der Waals surface area (Å²) in [6, 6.07) is 12.2. The van der Waals surface area contributed by atoms with Crippen LogP contribution < -0.4 is 5.56 Å². The van der Waals surface area contributed by atoms with Gasteiger partial charge in [0.05, 0.1) is 11.5 Å². The van der Waals surface area contributed by atoms with E-state index in [1.54, 1.807) is 15.9 Å². The van der Waals surface area contributed by atoms with Gasteiger partial charge in [-0.2, -0.15) is 5.26 Å². The second-order valence-corrected chi connectivity index (χ2v) is 7.63.